The molecule has 3 heteroatoms. The molecule has 0 unspecified atom stereocenters. The van der Waals surface area contributed by atoms with Crippen molar-refractivity contribution in [2.45, 2.75) is 33.7 Å². The highest BCUT2D eigenvalue weighted by molar-refractivity contribution is 5.47. The van der Waals surface area contributed by atoms with Crippen molar-refractivity contribution in [3.8, 4) is 6.07 Å². The van der Waals surface area contributed by atoms with Crippen molar-refractivity contribution in [2.24, 2.45) is 0 Å². The summed E-state index contributed by atoms with van der Waals surface area (Å²) in [5.41, 5.74) is 1.57. The second-order valence-corrected chi connectivity index (χ2v) is 3.85. The second kappa shape index (κ2) is 4.79. The zero-order valence-corrected chi connectivity index (χ0v) is 9.78. The fourth-order valence-corrected chi connectivity index (χ4v) is 1.65. The monoisotopic (exact) mass is 203 g/mol. The molecule has 1 rings (SSSR count). The quantitative estimate of drug-likeness (QED) is 0.757. The van der Waals surface area contributed by atoms with E-state index in [1.54, 1.807) is 6.07 Å². The van der Waals surface area contributed by atoms with Gasteiger partial charge in [0, 0.05) is 18.3 Å². The van der Waals surface area contributed by atoms with Gasteiger partial charge in [0.2, 0.25) is 0 Å². The summed E-state index contributed by atoms with van der Waals surface area (Å²) in [6, 6.07) is 6.21. The van der Waals surface area contributed by atoms with Crippen LogP contribution in [0.4, 0.5) is 5.82 Å². The number of anilines is 1. The topological polar surface area (TPSA) is 39.9 Å². The van der Waals surface area contributed by atoms with Crippen molar-refractivity contribution in [3.63, 3.8) is 0 Å². The molecule has 0 aliphatic carbocycles. The molecular weight excluding hydrogens is 186 g/mol. The van der Waals surface area contributed by atoms with Gasteiger partial charge in [0.15, 0.2) is 0 Å². The van der Waals surface area contributed by atoms with Crippen LogP contribution in [0.3, 0.4) is 0 Å². The van der Waals surface area contributed by atoms with Crippen LogP contribution in [0.5, 0.6) is 0 Å². The largest absolute Gasteiger partial charge is 0.354 e. The van der Waals surface area contributed by atoms with E-state index in [0.717, 1.165) is 18.1 Å². The number of rotatable bonds is 3. The number of nitrogens with zero attached hydrogens (tertiary/aromatic N) is 3. The van der Waals surface area contributed by atoms with Gasteiger partial charge >= 0.3 is 0 Å². The molecule has 0 bridgehead atoms. The van der Waals surface area contributed by atoms with Gasteiger partial charge in [-0.3, -0.25) is 0 Å². The van der Waals surface area contributed by atoms with Gasteiger partial charge in [-0.15, -0.1) is 0 Å². The number of hydrogen-bond acceptors (Lipinski definition) is 3. The maximum absolute atomic E-state index is 8.88. The Hall–Kier alpha value is -1.56. The molecule has 80 valence electrons. The van der Waals surface area contributed by atoms with E-state index >= 15 is 0 Å². The van der Waals surface area contributed by atoms with Crippen LogP contribution in [0.25, 0.3) is 0 Å². The molecule has 0 atom stereocenters. The van der Waals surface area contributed by atoms with Crippen LogP contribution in [0.2, 0.25) is 0 Å². The van der Waals surface area contributed by atoms with Crippen LogP contribution in [-0.4, -0.2) is 17.6 Å². The van der Waals surface area contributed by atoms with E-state index in [0.29, 0.717) is 11.6 Å². The van der Waals surface area contributed by atoms with Crippen LogP contribution in [-0.2, 0) is 0 Å². The summed E-state index contributed by atoms with van der Waals surface area (Å²) in [5.74, 6) is 0.893. The molecule has 1 aromatic heterocycles. The summed E-state index contributed by atoms with van der Waals surface area (Å²) in [4.78, 5) is 6.62. The SMILES string of the molecule is CCN(c1cc(C#N)cc(C)n1)C(C)C. The minimum absolute atomic E-state index is 0.399. The highest BCUT2D eigenvalue weighted by atomic mass is 15.2. The molecule has 1 aromatic rings. The Bertz CT molecular complexity index is 377. The van der Waals surface area contributed by atoms with Crippen molar-refractivity contribution < 1.29 is 0 Å². The first-order chi connectivity index (χ1) is 7.08. The van der Waals surface area contributed by atoms with Gasteiger partial charge in [-0.1, -0.05) is 0 Å². The van der Waals surface area contributed by atoms with Crippen molar-refractivity contribution in [1.29, 1.82) is 5.26 Å². The second-order valence-electron chi connectivity index (χ2n) is 3.85. The van der Waals surface area contributed by atoms with Crippen LogP contribution in [0, 0.1) is 18.3 Å². The highest BCUT2D eigenvalue weighted by Gasteiger charge is 2.10. The van der Waals surface area contributed by atoms with E-state index in [1.165, 1.54) is 0 Å². The molecule has 0 fully saturated rings. The van der Waals surface area contributed by atoms with Crippen LogP contribution in [0.1, 0.15) is 32.0 Å². The Morgan fingerprint density at radius 3 is 2.60 bits per heavy atom. The predicted molar refractivity (Wildman–Crippen MR) is 61.8 cm³/mol. The summed E-state index contributed by atoms with van der Waals surface area (Å²) in [7, 11) is 0. The van der Waals surface area contributed by atoms with Gasteiger partial charge in [0.1, 0.15) is 5.82 Å². The van der Waals surface area contributed by atoms with E-state index in [1.807, 2.05) is 13.0 Å². The third-order valence-electron chi connectivity index (χ3n) is 2.33. The molecule has 0 aliphatic rings. The molecule has 0 saturated heterocycles. The summed E-state index contributed by atoms with van der Waals surface area (Å²) in [5, 5.41) is 8.88. The minimum atomic E-state index is 0.399. The molecule has 0 aromatic carbocycles. The fraction of sp³-hybridized carbons (Fsp3) is 0.500. The Morgan fingerprint density at radius 1 is 1.47 bits per heavy atom. The first-order valence-corrected chi connectivity index (χ1v) is 5.24. The number of hydrogen-bond donors (Lipinski definition) is 0. The van der Waals surface area contributed by atoms with E-state index in [-0.39, 0.29) is 0 Å². The van der Waals surface area contributed by atoms with Crippen molar-refractivity contribution >= 4 is 5.82 Å². The van der Waals surface area contributed by atoms with Gasteiger partial charge in [-0.25, -0.2) is 4.98 Å². The third kappa shape index (κ3) is 2.69. The van der Waals surface area contributed by atoms with E-state index in [2.05, 4.69) is 36.7 Å². The molecule has 1 heterocycles. The summed E-state index contributed by atoms with van der Waals surface area (Å²) in [6.45, 7) is 9.16. The summed E-state index contributed by atoms with van der Waals surface area (Å²) < 4.78 is 0. The van der Waals surface area contributed by atoms with Gasteiger partial charge < -0.3 is 4.90 Å². The van der Waals surface area contributed by atoms with E-state index < -0.39 is 0 Å². The first kappa shape index (κ1) is 11.5. The standard InChI is InChI=1S/C12H17N3/c1-5-15(9(2)3)12-7-11(8-13)6-10(4)14-12/h6-7,9H,5H2,1-4H3. The van der Waals surface area contributed by atoms with Crippen molar-refractivity contribution in [3.05, 3.63) is 23.4 Å². The number of aromatic nitrogens is 1. The Morgan fingerprint density at radius 2 is 2.13 bits per heavy atom. The Kier molecular flexibility index (Phi) is 3.68. The van der Waals surface area contributed by atoms with Crippen LogP contribution in [0.15, 0.2) is 12.1 Å². The summed E-state index contributed by atoms with van der Waals surface area (Å²) in [6.07, 6.45) is 0. The van der Waals surface area contributed by atoms with Gasteiger partial charge in [0.25, 0.3) is 0 Å². The lowest BCUT2D eigenvalue weighted by Gasteiger charge is -2.26. The van der Waals surface area contributed by atoms with Gasteiger partial charge in [-0.05, 0) is 39.8 Å². The molecule has 0 spiro atoms. The molecule has 15 heavy (non-hydrogen) atoms. The van der Waals surface area contributed by atoms with Crippen molar-refractivity contribution in [2.75, 3.05) is 11.4 Å². The average Bonchev–Trinajstić information content (AvgIpc) is 2.17. The smallest absolute Gasteiger partial charge is 0.130 e. The third-order valence-corrected chi connectivity index (χ3v) is 2.33. The molecule has 0 N–H and O–H groups in total. The van der Waals surface area contributed by atoms with E-state index in [4.69, 9.17) is 5.26 Å². The fourth-order valence-electron chi connectivity index (χ4n) is 1.65. The highest BCUT2D eigenvalue weighted by Crippen LogP contribution is 2.16. The number of aryl methyl sites for hydroxylation is 1. The average molecular weight is 203 g/mol. The molecule has 0 amide bonds. The molecular formula is C12H17N3. The Labute approximate surface area is 91.4 Å². The number of pyridine rings is 1. The van der Waals surface area contributed by atoms with Gasteiger partial charge in [-0.2, -0.15) is 5.26 Å². The molecule has 3 nitrogen and oxygen atoms in total. The molecule has 0 radical (unpaired) electrons. The lowest BCUT2D eigenvalue weighted by molar-refractivity contribution is 0.692. The lowest BCUT2D eigenvalue weighted by atomic mass is 10.2. The van der Waals surface area contributed by atoms with Crippen LogP contribution >= 0.6 is 0 Å². The van der Waals surface area contributed by atoms with Crippen molar-refractivity contribution in [1.82, 2.24) is 4.98 Å². The molecule has 0 aliphatic heterocycles. The van der Waals surface area contributed by atoms with E-state index in [9.17, 15) is 0 Å². The maximum atomic E-state index is 8.88. The normalized spacial score (nSPS) is 10.1. The minimum Gasteiger partial charge on any atom is -0.354 e. The zero-order chi connectivity index (χ0) is 11.4. The summed E-state index contributed by atoms with van der Waals surface area (Å²) >= 11 is 0. The maximum Gasteiger partial charge on any atom is 0.130 e. The molecule has 0 saturated carbocycles. The number of nitriles is 1. The zero-order valence-electron chi connectivity index (χ0n) is 9.78. The lowest BCUT2D eigenvalue weighted by Crippen LogP contribution is -2.31. The predicted octanol–water partition coefficient (Wildman–Crippen LogP) is 2.50. The van der Waals surface area contributed by atoms with Crippen LogP contribution < -0.4 is 4.90 Å². The Balaban J connectivity index is 3.13. The first-order valence-electron chi connectivity index (χ1n) is 5.24. The van der Waals surface area contributed by atoms with Gasteiger partial charge in [0.05, 0.1) is 11.6 Å².